The van der Waals surface area contributed by atoms with E-state index in [9.17, 15) is 0 Å². The first-order valence-electron chi connectivity index (χ1n) is 8.14. The molecule has 3 atom stereocenters. The normalized spacial score (nSPS) is 30.3. The van der Waals surface area contributed by atoms with Crippen LogP contribution in [0.1, 0.15) is 62.6 Å². The summed E-state index contributed by atoms with van der Waals surface area (Å²) in [5.41, 5.74) is 3.12. The summed E-state index contributed by atoms with van der Waals surface area (Å²) in [7, 11) is 0. The molecule has 2 aliphatic rings. The van der Waals surface area contributed by atoms with Gasteiger partial charge in [-0.1, -0.05) is 50.5 Å². The van der Waals surface area contributed by atoms with Gasteiger partial charge in [-0.05, 0) is 55.2 Å². The summed E-state index contributed by atoms with van der Waals surface area (Å²) >= 11 is 0. The van der Waals surface area contributed by atoms with E-state index in [1.165, 1.54) is 51.5 Å². The number of fused-ring (bicyclic) bond motifs is 1. The van der Waals surface area contributed by atoms with Crippen molar-refractivity contribution in [3.8, 4) is 0 Å². The molecule has 0 heterocycles. The Morgan fingerprint density at radius 2 is 2.05 bits per heavy atom. The first-order chi connectivity index (χ1) is 9.33. The van der Waals surface area contributed by atoms with Crippen LogP contribution in [0.2, 0.25) is 0 Å². The van der Waals surface area contributed by atoms with E-state index in [1.54, 1.807) is 11.1 Å². The zero-order valence-electron chi connectivity index (χ0n) is 12.2. The Bertz CT molecular complexity index is 412. The minimum Gasteiger partial charge on any atom is -0.310 e. The highest BCUT2D eigenvalue weighted by molar-refractivity contribution is 5.34. The van der Waals surface area contributed by atoms with E-state index in [4.69, 9.17) is 0 Å². The molecule has 3 unspecified atom stereocenters. The monoisotopic (exact) mass is 257 g/mol. The van der Waals surface area contributed by atoms with E-state index in [2.05, 4.69) is 36.5 Å². The van der Waals surface area contributed by atoms with Crippen LogP contribution in [-0.4, -0.2) is 6.54 Å². The van der Waals surface area contributed by atoms with Crippen LogP contribution in [0.25, 0.3) is 0 Å². The molecule has 1 saturated carbocycles. The third-order valence-corrected chi connectivity index (χ3v) is 5.12. The van der Waals surface area contributed by atoms with Crippen molar-refractivity contribution in [2.24, 2.45) is 11.8 Å². The number of benzene rings is 1. The Balaban J connectivity index is 1.46. The second kappa shape index (κ2) is 6.09. The van der Waals surface area contributed by atoms with Gasteiger partial charge in [-0.2, -0.15) is 0 Å². The minimum absolute atomic E-state index is 0.622. The molecule has 0 aliphatic heterocycles. The third-order valence-electron chi connectivity index (χ3n) is 5.12. The van der Waals surface area contributed by atoms with Gasteiger partial charge < -0.3 is 5.32 Å². The summed E-state index contributed by atoms with van der Waals surface area (Å²) in [4.78, 5) is 0. The zero-order valence-corrected chi connectivity index (χ0v) is 12.2. The number of rotatable bonds is 4. The summed E-state index contributed by atoms with van der Waals surface area (Å²) in [6, 6.07) is 9.58. The molecule has 1 heteroatoms. The van der Waals surface area contributed by atoms with E-state index < -0.39 is 0 Å². The van der Waals surface area contributed by atoms with Crippen LogP contribution in [0, 0.1) is 11.8 Å². The molecule has 0 amide bonds. The van der Waals surface area contributed by atoms with Gasteiger partial charge in [-0.25, -0.2) is 0 Å². The first kappa shape index (κ1) is 13.2. The molecular formula is C18H27N. The smallest absolute Gasteiger partial charge is 0.0326 e. The Morgan fingerprint density at radius 1 is 1.16 bits per heavy atom. The van der Waals surface area contributed by atoms with Crippen molar-refractivity contribution in [2.45, 2.75) is 57.9 Å². The summed E-state index contributed by atoms with van der Waals surface area (Å²) in [5.74, 6) is 1.94. The highest BCUT2D eigenvalue weighted by Gasteiger charge is 2.22. The fourth-order valence-corrected chi connectivity index (χ4v) is 4.05. The van der Waals surface area contributed by atoms with Crippen molar-refractivity contribution >= 4 is 0 Å². The fraction of sp³-hybridized carbons (Fsp3) is 0.667. The van der Waals surface area contributed by atoms with Crippen molar-refractivity contribution < 1.29 is 0 Å². The number of hydrogen-bond acceptors (Lipinski definition) is 1. The minimum atomic E-state index is 0.622. The molecule has 0 bridgehead atoms. The van der Waals surface area contributed by atoms with Crippen molar-refractivity contribution in [2.75, 3.05) is 6.54 Å². The molecule has 0 aromatic heterocycles. The first-order valence-corrected chi connectivity index (χ1v) is 8.14. The van der Waals surface area contributed by atoms with Crippen LogP contribution in [0.5, 0.6) is 0 Å². The topological polar surface area (TPSA) is 12.0 Å². The lowest BCUT2D eigenvalue weighted by Gasteiger charge is -2.27. The molecule has 1 N–H and O–H groups in total. The van der Waals surface area contributed by atoms with Crippen LogP contribution >= 0.6 is 0 Å². The second-order valence-corrected chi connectivity index (χ2v) is 6.67. The average molecular weight is 257 g/mol. The van der Waals surface area contributed by atoms with Crippen molar-refractivity contribution in [3.05, 3.63) is 35.4 Å². The van der Waals surface area contributed by atoms with Gasteiger partial charge in [0, 0.05) is 6.04 Å². The van der Waals surface area contributed by atoms with Gasteiger partial charge >= 0.3 is 0 Å². The van der Waals surface area contributed by atoms with Gasteiger partial charge in [0.05, 0.1) is 0 Å². The molecule has 0 radical (unpaired) electrons. The van der Waals surface area contributed by atoms with Crippen LogP contribution in [0.15, 0.2) is 24.3 Å². The molecule has 1 aromatic rings. The average Bonchev–Trinajstić information content (AvgIpc) is 2.83. The van der Waals surface area contributed by atoms with Gasteiger partial charge in [0.2, 0.25) is 0 Å². The van der Waals surface area contributed by atoms with Crippen LogP contribution in [-0.2, 0) is 6.42 Å². The van der Waals surface area contributed by atoms with E-state index in [-0.39, 0.29) is 0 Å². The molecule has 2 aliphatic carbocycles. The van der Waals surface area contributed by atoms with E-state index in [1.807, 2.05) is 0 Å². The van der Waals surface area contributed by atoms with Gasteiger partial charge in [0.1, 0.15) is 0 Å². The van der Waals surface area contributed by atoms with Crippen LogP contribution < -0.4 is 5.32 Å². The lowest BCUT2D eigenvalue weighted by molar-refractivity contribution is 0.265. The molecule has 0 saturated heterocycles. The summed E-state index contributed by atoms with van der Waals surface area (Å²) in [5, 5.41) is 3.80. The predicted octanol–water partition coefficient (Wildman–Crippen LogP) is 4.48. The highest BCUT2D eigenvalue weighted by atomic mass is 14.9. The molecule has 19 heavy (non-hydrogen) atoms. The molecule has 104 valence electrons. The Hall–Kier alpha value is -0.820. The van der Waals surface area contributed by atoms with E-state index >= 15 is 0 Å². The maximum atomic E-state index is 3.80. The van der Waals surface area contributed by atoms with E-state index in [0.717, 1.165) is 11.8 Å². The lowest BCUT2D eigenvalue weighted by atomic mass is 9.81. The second-order valence-electron chi connectivity index (χ2n) is 6.67. The SMILES string of the molecule is CC1CCCC(CCNC2CCc3ccccc32)C1. The molecule has 1 aromatic carbocycles. The maximum absolute atomic E-state index is 3.80. The summed E-state index contributed by atoms with van der Waals surface area (Å²) < 4.78 is 0. The predicted molar refractivity (Wildman–Crippen MR) is 81.2 cm³/mol. The molecular weight excluding hydrogens is 230 g/mol. The van der Waals surface area contributed by atoms with Gasteiger partial charge in [0.25, 0.3) is 0 Å². The Kier molecular flexibility index (Phi) is 4.22. The third kappa shape index (κ3) is 3.20. The van der Waals surface area contributed by atoms with Gasteiger partial charge in [-0.3, -0.25) is 0 Å². The summed E-state index contributed by atoms with van der Waals surface area (Å²) in [6.45, 7) is 3.63. The molecule has 3 rings (SSSR count). The summed E-state index contributed by atoms with van der Waals surface area (Å²) in [6.07, 6.45) is 9.77. The lowest BCUT2D eigenvalue weighted by Crippen LogP contribution is -2.24. The largest absolute Gasteiger partial charge is 0.310 e. The van der Waals surface area contributed by atoms with Crippen molar-refractivity contribution in [1.29, 1.82) is 0 Å². The van der Waals surface area contributed by atoms with Gasteiger partial charge in [0.15, 0.2) is 0 Å². The molecule has 1 nitrogen and oxygen atoms in total. The van der Waals surface area contributed by atoms with E-state index in [0.29, 0.717) is 6.04 Å². The van der Waals surface area contributed by atoms with Crippen molar-refractivity contribution in [1.82, 2.24) is 5.32 Å². The van der Waals surface area contributed by atoms with Crippen LogP contribution in [0.3, 0.4) is 0 Å². The van der Waals surface area contributed by atoms with Crippen LogP contribution in [0.4, 0.5) is 0 Å². The zero-order chi connectivity index (χ0) is 13.1. The molecule has 0 spiro atoms. The quantitative estimate of drug-likeness (QED) is 0.838. The number of nitrogens with one attached hydrogen (secondary N) is 1. The fourth-order valence-electron chi connectivity index (χ4n) is 4.05. The number of aryl methyl sites for hydroxylation is 1. The number of hydrogen-bond donors (Lipinski definition) is 1. The maximum Gasteiger partial charge on any atom is 0.0326 e. The highest BCUT2D eigenvalue weighted by Crippen LogP contribution is 2.32. The van der Waals surface area contributed by atoms with Crippen molar-refractivity contribution in [3.63, 3.8) is 0 Å². The van der Waals surface area contributed by atoms with Gasteiger partial charge in [-0.15, -0.1) is 0 Å². The molecule has 1 fully saturated rings. The Morgan fingerprint density at radius 3 is 2.95 bits per heavy atom. The Labute approximate surface area is 117 Å². The standard InChI is InChI=1S/C18H27N/c1-14-5-4-6-15(13-14)11-12-19-18-10-9-16-7-2-3-8-17(16)18/h2-3,7-8,14-15,18-19H,4-6,9-13H2,1H3.